The number of aliphatic carboxylic acids is 1. The van der Waals surface area contributed by atoms with Gasteiger partial charge in [-0.1, -0.05) is 37.3 Å². The standard InChI is InChI=1S/C16H22N2O3/c1-11(12-5-3-2-4-6-12)9-10-17-16(21)18-14(15(19)20)13-7-8-13/h2-6,11,13-14H,7-10H2,1H3,(H,19,20)(H2,17,18,21). The van der Waals surface area contributed by atoms with E-state index in [-0.39, 0.29) is 5.92 Å². The lowest BCUT2D eigenvalue weighted by atomic mass is 9.98. The van der Waals surface area contributed by atoms with Crippen molar-refractivity contribution in [1.82, 2.24) is 10.6 Å². The Labute approximate surface area is 124 Å². The maximum Gasteiger partial charge on any atom is 0.326 e. The van der Waals surface area contributed by atoms with Gasteiger partial charge in [-0.3, -0.25) is 0 Å². The summed E-state index contributed by atoms with van der Waals surface area (Å²) in [5.41, 5.74) is 1.24. The van der Waals surface area contributed by atoms with Gasteiger partial charge in [-0.2, -0.15) is 0 Å². The summed E-state index contributed by atoms with van der Waals surface area (Å²) in [6.07, 6.45) is 2.57. The first-order valence-electron chi connectivity index (χ1n) is 7.40. The Morgan fingerprint density at radius 1 is 1.29 bits per heavy atom. The molecule has 5 heteroatoms. The number of hydrogen-bond acceptors (Lipinski definition) is 2. The first-order valence-corrected chi connectivity index (χ1v) is 7.40. The number of carbonyl (C=O) groups excluding carboxylic acids is 1. The van der Waals surface area contributed by atoms with Gasteiger partial charge in [0.25, 0.3) is 0 Å². The SMILES string of the molecule is CC(CCNC(=O)NC(C(=O)O)C1CC1)c1ccccc1. The van der Waals surface area contributed by atoms with E-state index in [1.807, 2.05) is 18.2 Å². The molecule has 0 aliphatic heterocycles. The highest BCUT2D eigenvalue weighted by Gasteiger charge is 2.37. The lowest BCUT2D eigenvalue weighted by Gasteiger charge is -2.16. The fourth-order valence-corrected chi connectivity index (χ4v) is 2.35. The molecule has 0 aromatic heterocycles. The molecule has 2 rings (SSSR count). The highest BCUT2D eigenvalue weighted by Crippen LogP contribution is 2.32. The lowest BCUT2D eigenvalue weighted by molar-refractivity contribution is -0.139. The van der Waals surface area contributed by atoms with Gasteiger partial charge in [-0.25, -0.2) is 9.59 Å². The van der Waals surface area contributed by atoms with Crippen LogP contribution in [0.5, 0.6) is 0 Å². The van der Waals surface area contributed by atoms with Crippen LogP contribution in [0.2, 0.25) is 0 Å². The Morgan fingerprint density at radius 2 is 1.95 bits per heavy atom. The van der Waals surface area contributed by atoms with E-state index in [2.05, 4.69) is 29.7 Å². The Kier molecular flexibility index (Phi) is 5.20. The van der Waals surface area contributed by atoms with Crippen LogP contribution in [0, 0.1) is 5.92 Å². The molecule has 0 heterocycles. The van der Waals surface area contributed by atoms with Crippen LogP contribution in [0.3, 0.4) is 0 Å². The molecule has 1 fully saturated rings. The fraction of sp³-hybridized carbons (Fsp3) is 0.500. The van der Waals surface area contributed by atoms with Gasteiger partial charge in [0, 0.05) is 6.54 Å². The number of hydrogen-bond donors (Lipinski definition) is 3. The smallest absolute Gasteiger partial charge is 0.326 e. The van der Waals surface area contributed by atoms with E-state index in [4.69, 9.17) is 5.11 Å². The van der Waals surface area contributed by atoms with Crippen LogP contribution in [0.4, 0.5) is 4.79 Å². The normalized spacial score (nSPS) is 16.8. The first kappa shape index (κ1) is 15.4. The average Bonchev–Trinajstić information content (AvgIpc) is 3.30. The molecule has 1 saturated carbocycles. The largest absolute Gasteiger partial charge is 0.480 e. The van der Waals surface area contributed by atoms with Crippen molar-refractivity contribution in [3.63, 3.8) is 0 Å². The van der Waals surface area contributed by atoms with Gasteiger partial charge in [0.2, 0.25) is 0 Å². The van der Waals surface area contributed by atoms with Crippen LogP contribution >= 0.6 is 0 Å². The van der Waals surface area contributed by atoms with E-state index in [0.29, 0.717) is 12.5 Å². The molecule has 1 aromatic rings. The molecular formula is C16H22N2O3. The zero-order valence-corrected chi connectivity index (χ0v) is 12.2. The lowest BCUT2D eigenvalue weighted by Crippen LogP contribution is -2.47. The Balaban J connectivity index is 1.70. The predicted molar refractivity (Wildman–Crippen MR) is 80.2 cm³/mol. The zero-order chi connectivity index (χ0) is 15.2. The highest BCUT2D eigenvalue weighted by atomic mass is 16.4. The minimum absolute atomic E-state index is 0.0940. The molecule has 2 atom stereocenters. The van der Waals surface area contributed by atoms with Gasteiger partial charge in [0.05, 0.1) is 0 Å². The Hall–Kier alpha value is -2.04. The zero-order valence-electron chi connectivity index (χ0n) is 12.2. The number of benzene rings is 1. The second-order valence-corrected chi connectivity index (χ2v) is 5.65. The summed E-state index contributed by atoms with van der Waals surface area (Å²) >= 11 is 0. The van der Waals surface area contributed by atoms with Crippen LogP contribution in [-0.4, -0.2) is 29.7 Å². The molecule has 1 aliphatic carbocycles. The molecule has 1 aliphatic rings. The van der Waals surface area contributed by atoms with Crippen molar-refractivity contribution < 1.29 is 14.7 Å². The Morgan fingerprint density at radius 3 is 2.52 bits per heavy atom. The van der Waals surface area contributed by atoms with Gasteiger partial charge in [-0.05, 0) is 36.7 Å². The molecule has 0 spiro atoms. The highest BCUT2D eigenvalue weighted by molar-refractivity contribution is 5.83. The van der Waals surface area contributed by atoms with Gasteiger partial charge in [0.1, 0.15) is 6.04 Å². The number of carboxylic acid groups (broad SMARTS) is 1. The topological polar surface area (TPSA) is 78.4 Å². The van der Waals surface area contributed by atoms with Crippen molar-refractivity contribution in [3.8, 4) is 0 Å². The molecule has 2 amide bonds. The van der Waals surface area contributed by atoms with Crippen molar-refractivity contribution in [3.05, 3.63) is 35.9 Å². The van der Waals surface area contributed by atoms with Crippen LogP contribution < -0.4 is 10.6 Å². The maximum absolute atomic E-state index is 11.7. The van der Waals surface area contributed by atoms with Gasteiger partial charge in [-0.15, -0.1) is 0 Å². The van der Waals surface area contributed by atoms with E-state index in [9.17, 15) is 9.59 Å². The predicted octanol–water partition coefficient (Wildman–Crippen LogP) is 2.34. The molecule has 0 radical (unpaired) electrons. The minimum Gasteiger partial charge on any atom is -0.480 e. The summed E-state index contributed by atoms with van der Waals surface area (Å²) in [6, 6.07) is 8.96. The fourth-order valence-electron chi connectivity index (χ4n) is 2.35. The van der Waals surface area contributed by atoms with Gasteiger partial charge in [0.15, 0.2) is 0 Å². The number of rotatable bonds is 7. The Bertz CT molecular complexity index is 486. The van der Waals surface area contributed by atoms with Crippen LogP contribution in [-0.2, 0) is 4.79 Å². The number of urea groups is 1. The van der Waals surface area contributed by atoms with Crippen LogP contribution in [0.25, 0.3) is 0 Å². The van der Waals surface area contributed by atoms with Crippen LogP contribution in [0.15, 0.2) is 30.3 Å². The maximum atomic E-state index is 11.7. The van der Waals surface area contributed by atoms with Crippen molar-refractivity contribution in [1.29, 1.82) is 0 Å². The molecule has 3 N–H and O–H groups in total. The quantitative estimate of drug-likeness (QED) is 0.721. The number of nitrogens with one attached hydrogen (secondary N) is 2. The van der Waals surface area contributed by atoms with E-state index in [1.54, 1.807) is 0 Å². The van der Waals surface area contributed by atoms with E-state index in [1.165, 1.54) is 5.56 Å². The summed E-state index contributed by atoms with van der Waals surface area (Å²) in [5, 5.41) is 14.3. The van der Waals surface area contributed by atoms with Crippen molar-refractivity contribution in [2.24, 2.45) is 5.92 Å². The molecule has 5 nitrogen and oxygen atoms in total. The number of amides is 2. The van der Waals surface area contributed by atoms with Crippen molar-refractivity contribution in [2.75, 3.05) is 6.54 Å². The number of carbonyl (C=O) groups is 2. The van der Waals surface area contributed by atoms with Crippen molar-refractivity contribution in [2.45, 2.75) is 38.1 Å². The average molecular weight is 290 g/mol. The molecule has 1 aromatic carbocycles. The second-order valence-electron chi connectivity index (χ2n) is 5.65. The van der Waals surface area contributed by atoms with E-state index < -0.39 is 18.0 Å². The molecule has 21 heavy (non-hydrogen) atoms. The second kappa shape index (κ2) is 7.11. The first-order chi connectivity index (χ1) is 10.1. The van der Waals surface area contributed by atoms with Crippen molar-refractivity contribution >= 4 is 12.0 Å². The van der Waals surface area contributed by atoms with E-state index in [0.717, 1.165) is 19.3 Å². The third-order valence-corrected chi connectivity index (χ3v) is 3.88. The molecule has 0 bridgehead atoms. The minimum atomic E-state index is -0.953. The van der Waals surface area contributed by atoms with Gasteiger partial charge < -0.3 is 15.7 Å². The molecule has 114 valence electrons. The van der Waals surface area contributed by atoms with Crippen LogP contribution in [0.1, 0.15) is 37.7 Å². The number of carboxylic acids is 1. The molecular weight excluding hydrogens is 268 g/mol. The summed E-state index contributed by atoms with van der Waals surface area (Å²) in [5.74, 6) is -0.507. The summed E-state index contributed by atoms with van der Waals surface area (Å²) < 4.78 is 0. The monoisotopic (exact) mass is 290 g/mol. The summed E-state index contributed by atoms with van der Waals surface area (Å²) in [4.78, 5) is 22.8. The third-order valence-electron chi connectivity index (χ3n) is 3.88. The molecule has 0 saturated heterocycles. The third kappa shape index (κ3) is 4.77. The van der Waals surface area contributed by atoms with Gasteiger partial charge >= 0.3 is 12.0 Å². The molecule has 2 unspecified atom stereocenters. The summed E-state index contributed by atoms with van der Waals surface area (Å²) in [6.45, 7) is 2.64. The van der Waals surface area contributed by atoms with E-state index >= 15 is 0 Å². The summed E-state index contributed by atoms with van der Waals surface area (Å²) in [7, 11) is 0.